The molecule has 1 atom stereocenters. The smallest absolute Gasteiger partial charge is 0.0623 e. The van der Waals surface area contributed by atoms with Crippen molar-refractivity contribution in [2.45, 2.75) is 32.4 Å². The number of hydrogen-bond acceptors (Lipinski definition) is 2. The third-order valence-electron chi connectivity index (χ3n) is 2.11. The minimum Gasteiger partial charge on any atom is -0.394 e. The van der Waals surface area contributed by atoms with Gasteiger partial charge in [0.2, 0.25) is 0 Å². The molecule has 1 aliphatic heterocycles. The molecular weight excluding hydrogens is 138 g/mol. The van der Waals surface area contributed by atoms with Gasteiger partial charge in [-0.05, 0) is 20.8 Å². The molecule has 0 radical (unpaired) electrons. The zero-order valence-corrected chi connectivity index (χ0v) is 7.54. The maximum atomic E-state index is 9.01. The highest BCUT2D eigenvalue weighted by Crippen LogP contribution is 2.21. The summed E-state index contributed by atoms with van der Waals surface area (Å²) in [5.41, 5.74) is 0.164. The summed E-state index contributed by atoms with van der Waals surface area (Å²) in [6.07, 6.45) is 4.19. The minimum atomic E-state index is 0.164. The normalized spacial score (nSPS) is 26.4. The Hall–Kier alpha value is -0.340. The van der Waals surface area contributed by atoms with E-state index in [9.17, 15) is 0 Å². The van der Waals surface area contributed by atoms with Crippen molar-refractivity contribution >= 4 is 0 Å². The lowest BCUT2D eigenvalue weighted by atomic mass is 10.1. The predicted octanol–water partition coefficient (Wildman–Crippen LogP) is 1.02. The van der Waals surface area contributed by atoms with Crippen LogP contribution in [0.1, 0.15) is 20.8 Å². The monoisotopic (exact) mass is 155 g/mol. The topological polar surface area (TPSA) is 23.5 Å². The third-order valence-corrected chi connectivity index (χ3v) is 2.11. The van der Waals surface area contributed by atoms with Crippen LogP contribution in [-0.4, -0.2) is 34.7 Å². The van der Waals surface area contributed by atoms with E-state index in [0.29, 0.717) is 0 Å². The standard InChI is InChI=1S/C9H17NO/c1-9(2,3)10-6-4-5-8(10)7-11/h4-5,8,11H,6-7H2,1-3H3/t8-/m0/s1. The van der Waals surface area contributed by atoms with Crippen molar-refractivity contribution in [3.63, 3.8) is 0 Å². The summed E-state index contributed by atoms with van der Waals surface area (Å²) >= 11 is 0. The molecule has 0 amide bonds. The molecule has 11 heavy (non-hydrogen) atoms. The molecule has 1 aliphatic rings. The lowest BCUT2D eigenvalue weighted by Crippen LogP contribution is -2.46. The number of rotatable bonds is 1. The summed E-state index contributed by atoms with van der Waals surface area (Å²) in [6.45, 7) is 7.70. The maximum absolute atomic E-state index is 9.01. The molecular formula is C9H17NO. The van der Waals surface area contributed by atoms with Crippen molar-refractivity contribution in [1.29, 1.82) is 0 Å². The van der Waals surface area contributed by atoms with E-state index in [1.807, 2.05) is 0 Å². The average molecular weight is 155 g/mol. The Morgan fingerprint density at radius 2 is 2.18 bits per heavy atom. The third kappa shape index (κ3) is 1.82. The van der Waals surface area contributed by atoms with E-state index < -0.39 is 0 Å². The molecule has 1 N–H and O–H groups in total. The van der Waals surface area contributed by atoms with Gasteiger partial charge in [0.1, 0.15) is 0 Å². The summed E-state index contributed by atoms with van der Waals surface area (Å²) < 4.78 is 0. The van der Waals surface area contributed by atoms with Crippen LogP contribution in [0.3, 0.4) is 0 Å². The number of nitrogens with zero attached hydrogens (tertiary/aromatic N) is 1. The van der Waals surface area contributed by atoms with Crippen LogP contribution in [-0.2, 0) is 0 Å². The fraction of sp³-hybridized carbons (Fsp3) is 0.778. The van der Waals surface area contributed by atoms with Gasteiger partial charge in [0, 0.05) is 12.1 Å². The van der Waals surface area contributed by atoms with Crippen molar-refractivity contribution < 1.29 is 5.11 Å². The zero-order chi connectivity index (χ0) is 8.48. The fourth-order valence-electron chi connectivity index (χ4n) is 1.50. The second-order valence-electron chi connectivity index (χ2n) is 4.00. The van der Waals surface area contributed by atoms with Gasteiger partial charge in [-0.1, -0.05) is 12.2 Å². The Morgan fingerprint density at radius 3 is 2.55 bits per heavy atom. The van der Waals surface area contributed by atoms with Crippen LogP contribution in [0.25, 0.3) is 0 Å². The van der Waals surface area contributed by atoms with E-state index in [1.165, 1.54) is 0 Å². The van der Waals surface area contributed by atoms with E-state index in [4.69, 9.17) is 5.11 Å². The summed E-state index contributed by atoms with van der Waals surface area (Å²) in [5, 5.41) is 9.01. The van der Waals surface area contributed by atoms with Crippen molar-refractivity contribution in [1.82, 2.24) is 4.90 Å². The molecule has 0 aliphatic carbocycles. The second-order valence-corrected chi connectivity index (χ2v) is 4.00. The van der Waals surface area contributed by atoms with Gasteiger partial charge in [-0.2, -0.15) is 0 Å². The van der Waals surface area contributed by atoms with Crippen LogP contribution < -0.4 is 0 Å². The molecule has 0 saturated heterocycles. The van der Waals surface area contributed by atoms with Crippen LogP contribution in [0, 0.1) is 0 Å². The molecule has 0 aromatic rings. The molecule has 1 heterocycles. The van der Waals surface area contributed by atoms with Crippen molar-refractivity contribution in [2.75, 3.05) is 13.2 Å². The Balaban J connectivity index is 2.61. The van der Waals surface area contributed by atoms with Crippen molar-refractivity contribution in [3.05, 3.63) is 12.2 Å². The van der Waals surface area contributed by atoms with E-state index >= 15 is 0 Å². The lowest BCUT2D eigenvalue weighted by Gasteiger charge is -2.36. The van der Waals surface area contributed by atoms with Crippen LogP contribution in [0.15, 0.2) is 12.2 Å². The summed E-state index contributed by atoms with van der Waals surface area (Å²) in [7, 11) is 0. The van der Waals surface area contributed by atoms with Gasteiger partial charge in [-0.25, -0.2) is 0 Å². The molecule has 0 saturated carbocycles. The molecule has 0 bridgehead atoms. The molecule has 0 aromatic carbocycles. The Morgan fingerprint density at radius 1 is 1.55 bits per heavy atom. The molecule has 0 aromatic heterocycles. The lowest BCUT2D eigenvalue weighted by molar-refractivity contribution is 0.0925. The zero-order valence-electron chi connectivity index (χ0n) is 7.54. The second kappa shape index (κ2) is 2.95. The van der Waals surface area contributed by atoms with Gasteiger partial charge >= 0.3 is 0 Å². The first-order chi connectivity index (χ1) is 5.05. The van der Waals surface area contributed by atoms with Gasteiger partial charge in [-0.3, -0.25) is 4.90 Å². The summed E-state index contributed by atoms with van der Waals surface area (Å²) in [6, 6.07) is 0.231. The average Bonchev–Trinajstić information content (AvgIpc) is 2.31. The molecule has 0 fully saturated rings. The molecule has 0 spiro atoms. The highest BCUT2D eigenvalue weighted by Gasteiger charge is 2.28. The molecule has 2 nitrogen and oxygen atoms in total. The van der Waals surface area contributed by atoms with Crippen LogP contribution >= 0.6 is 0 Å². The minimum absolute atomic E-state index is 0.164. The first kappa shape index (κ1) is 8.75. The van der Waals surface area contributed by atoms with Gasteiger partial charge in [0.05, 0.1) is 12.6 Å². The van der Waals surface area contributed by atoms with Crippen molar-refractivity contribution in [3.8, 4) is 0 Å². The van der Waals surface area contributed by atoms with Crippen LogP contribution in [0.5, 0.6) is 0 Å². The first-order valence-corrected chi connectivity index (χ1v) is 4.10. The summed E-state index contributed by atoms with van der Waals surface area (Å²) in [4.78, 5) is 2.28. The Kier molecular flexibility index (Phi) is 2.35. The Bertz CT molecular complexity index is 157. The molecule has 2 heteroatoms. The molecule has 0 unspecified atom stereocenters. The maximum Gasteiger partial charge on any atom is 0.0623 e. The van der Waals surface area contributed by atoms with Gasteiger partial charge in [-0.15, -0.1) is 0 Å². The highest BCUT2D eigenvalue weighted by molar-refractivity contribution is 5.06. The fourth-order valence-corrected chi connectivity index (χ4v) is 1.50. The van der Waals surface area contributed by atoms with E-state index in [2.05, 4.69) is 37.8 Å². The predicted molar refractivity (Wildman–Crippen MR) is 46.5 cm³/mol. The van der Waals surface area contributed by atoms with Gasteiger partial charge in [0.15, 0.2) is 0 Å². The van der Waals surface area contributed by atoms with Crippen LogP contribution in [0.4, 0.5) is 0 Å². The SMILES string of the molecule is CC(C)(C)N1CC=C[C@H]1CO. The van der Waals surface area contributed by atoms with E-state index in [0.717, 1.165) is 6.54 Å². The number of aliphatic hydroxyl groups excluding tert-OH is 1. The van der Waals surface area contributed by atoms with Crippen LogP contribution in [0.2, 0.25) is 0 Å². The number of hydrogen-bond donors (Lipinski definition) is 1. The molecule has 1 rings (SSSR count). The van der Waals surface area contributed by atoms with Gasteiger partial charge in [0.25, 0.3) is 0 Å². The summed E-state index contributed by atoms with van der Waals surface area (Å²) in [5.74, 6) is 0. The highest BCUT2D eigenvalue weighted by atomic mass is 16.3. The largest absolute Gasteiger partial charge is 0.394 e. The first-order valence-electron chi connectivity index (χ1n) is 4.10. The van der Waals surface area contributed by atoms with E-state index in [-0.39, 0.29) is 18.2 Å². The Labute approximate surface area is 68.5 Å². The number of aliphatic hydroxyl groups is 1. The van der Waals surface area contributed by atoms with Gasteiger partial charge < -0.3 is 5.11 Å². The van der Waals surface area contributed by atoms with E-state index in [1.54, 1.807) is 0 Å². The molecule has 64 valence electrons. The quantitative estimate of drug-likeness (QED) is 0.571. The van der Waals surface area contributed by atoms with Crippen molar-refractivity contribution in [2.24, 2.45) is 0 Å².